The van der Waals surface area contributed by atoms with Gasteiger partial charge in [0, 0.05) is 36.9 Å². The van der Waals surface area contributed by atoms with Gasteiger partial charge in [0.05, 0.1) is 11.5 Å². The van der Waals surface area contributed by atoms with E-state index < -0.39 is 10.0 Å². The van der Waals surface area contributed by atoms with Crippen LogP contribution in [-0.2, 0) is 10.0 Å². The Bertz CT molecular complexity index is 910. The molecule has 6 nitrogen and oxygen atoms in total. The standard InChI is InChI=1S/C19H22ClN3O3S2/c1-2-26-17-7-5-16(6-8-17)21-19(27)22-11-13-23(14-12-22)28(24,25)18-9-3-15(20)4-10-18/h3-10H,2,11-14H2,1H3,(H,21,27). The molecule has 0 spiro atoms. The minimum Gasteiger partial charge on any atom is -0.494 e. The molecular weight excluding hydrogens is 418 g/mol. The van der Waals surface area contributed by atoms with Crippen molar-refractivity contribution in [2.24, 2.45) is 0 Å². The molecule has 2 aromatic carbocycles. The molecule has 2 aromatic rings. The topological polar surface area (TPSA) is 61.9 Å². The summed E-state index contributed by atoms with van der Waals surface area (Å²) in [5.41, 5.74) is 0.865. The van der Waals surface area contributed by atoms with Crippen LogP contribution < -0.4 is 10.1 Å². The number of nitrogens with zero attached hydrogens (tertiary/aromatic N) is 2. The lowest BCUT2D eigenvalue weighted by atomic mass is 10.3. The Labute approximate surface area is 176 Å². The van der Waals surface area contributed by atoms with Crippen LogP contribution in [0.25, 0.3) is 0 Å². The van der Waals surface area contributed by atoms with E-state index in [4.69, 9.17) is 28.6 Å². The van der Waals surface area contributed by atoms with Crippen molar-refractivity contribution >= 4 is 44.6 Å². The van der Waals surface area contributed by atoms with Crippen LogP contribution in [0.5, 0.6) is 5.75 Å². The van der Waals surface area contributed by atoms with E-state index in [1.807, 2.05) is 36.1 Å². The number of hydrogen-bond donors (Lipinski definition) is 1. The third-order valence-corrected chi connectivity index (χ3v) is 6.92. The maximum absolute atomic E-state index is 12.8. The quantitative estimate of drug-likeness (QED) is 0.720. The molecule has 0 radical (unpaired) electrons. The van der Waals surface area contributed by atoms with E-state index in [0.29, 0.717) is 42.9 Å². The highest BCUT2D eigenvalue weighted by Gasteiger charge is 2.29. The molecule has 0 unspecified atom stereocenters. The first-order chi connectivity index (χ1) is 13.4. The summed E-state index contributed by atoms with van der Waals surface area (Å²) < 4.78 is 32.4. The molecule has 1 heterocycles. The van der Waals surface area contributed by atoms with Gasteiger partial charge in [-0.1, -0.05) is 11.6 Å². The fraction of sp³-hybridized carbons (Fsp3) is 0.316. The Morgan fingerprint density at radius 2 is 1.68 bits per heavy atom. The van der Waals surface area contributed by atoms with Crippen LogP contribution in [0.1, 0.15) is 6.92 Å². The van der Waals surface area contributed by atoms with Gasteiger partial charge >= 0.3 is 0 Å². The molecule has 0 aliphatic carbocycles. The first-order valence-corrected chi connectivity index (χ1v) is 11.2. The SMILES string of the molecule is CCOc1ccc(NC(=S)N2CCN(S(=O)(=O)c3ccc(Cl)cc3)CC2)cc1. The molecule has 3 rings (SSSR count). The second kappa shape index (κ2) is 9.09. The summed E-state index contributed by atoms with van der Waals surface area (Å²) in [7, 11) is -3.53. The van der Waals surface area contributed by atoms with Gasteiger partial charge in [0.2, 0.25) is 10.0 Å². The van der Waals surface area contributed by atoms with Crippen molar-refractivity contribution < 1.29 is 13.2 Å². The summed E-state index contributed by atoms with van der Waals surface area (Å²) in [5.74, 6) is 0.806. The first-order valence-electron chi connectivity index (χ1n) is 8.94. The number of sulfonamides is 1. The van der Waals surface area contributed by atoms with Crippen molar-refractivity contribution in [2.45, 2.75) is 11.8 Å². The lowest BCUT2D eigenvalue weighted by molar-refractivity contribution is 0.268. The van der Waals surface area contributed by atoms with Gasteiger partial charge in [0.25, 0.3) is 0 Å². The minimum atomic E-state index is -3.53. The molecule has 1 saturated heterocycles. The average molecular weight is 440 g/mol. The molecule has 1 aliphatic rings. The number of ether oxygens (including phenoxy) is 1. The van der Waals surface area contributed by atoms with Crippen LogP contribution >= 0.6 is 23.8 Å². The fourth-order valence-corrected chi connectivity index (χ4v) is 4.74. The largest absolute Gasteiger partial charge is 0.494 e. The molecule has 1 N–H and O–H groups in total. The predicted molar refractivity (Wildman–Crippen MR) is 116 cm³/mol. The second-order valence-corrected chi connectivity index (χ2v) is 8.99. The number of piperazine rings is 1. The molecule has 0 aromatic heterocycles. The van der Waals surface area contributed by atoms with Crippen LogP contribution in [0.3, 0.4) is 0 Å². The number of thiocarbonyl (C=S) groups is 1. The lowest BCUT2D eigenvalue weighted by Gasteiger charge is -2.35. The van der Waals surface area contributed by atoms with E-state index in [0.717, 1.165) is 11.4 Å². The summed E-state index contributed by atoms with van der Waals surface area (Å²) >= 11 is 11.3. The molecule has 28 heavy (non-hydrogen) atoms. The Balaban J connectivity index is 1.57. The van der Waals surface area contributed by atoms with Crippen LogP contribution in [-0.4, -0.2) is 55.5 Å². The maximum Gasteiger partial charge on any atom is 0.243 e. The molecule has 1 aliphatic heterocycles. The predicted octanol–water partition coefficient (Wildman–Crippen LogP) is 3.44. The highest BCUT2D eigenvalue weighted by Crippen LogP contribution is 2.21. The number of nitrogens with one attached hydrogen (secondary N) is 1. The first kappa shape index (κ1) is 20.9. The summed E-state index contributed by atoms with van der Waals surface area (Å²) in [6, 6.07) is 13.8. The molecular formula is C19H22ClN3O3S2. The number of hydrogen-bond acceptors (Lipinski definition) is 4. The zero-order chi connectivity index (χ0) is 20.1. The molecule has 0 atom stereocenters. The van der Waals surface area contributed by atoms with Crippen molar-refractivity contribution in [3.63, 3.8) is 0 Å². The van der Waals surface area contributed by atoms with Crippen molar-refractivity contribution in [2.75, 3.05) is 38.1 Å². The normalized spacial score (nSPS) is 15.3. The van der Waals surface area contributed by atoms with Gasteiger partial charge in [-0.2, -0.15) is 4.31 Å². The average Bonchev–Trinajstić information content (AvgIpc) is 2.70. The molecule has 0 bridgehead atoms. The molecule has 1 fully saturated rings. The summed E-state index contributed by atoms with van der Waals surface area (Å²) in [5, 5.41) is 4.28. The zero-order valence-electron chi connectivity index (χ0n) is 15.5. The van der Waals surface area contributed by atoms with Gasteiger partial charge < -0.3 is 15.0 Å². The third-order valence-electron chi connectivity index (χ3n) is 4.39. The Hall–Kier alpha value is -1.87. The van der Waals surface area contributed by atoms with Gasteiger partial charge in [-0.15, -0.1) is 0 Å². The number of rotatable bonds is 5. The van der Waals surface area contributed by atoms with Gasteiger partial charge in [-0.25, -0.2) is 8.42 Å². The molecule has 9 heteroatoms. The highest BCUT2D eigenvalue weighted by molar-refractivity contribution is 7.89. The van der Waals surface area contributed by atoms with Gasteiger partial charge in [0.1, 0.15) is 5.75 Å². The Kier molecular flexibility index (Phi) is 6.77. The number of anilines is 1. The van der Waals surface area contributed by atoms with Crippen LogP contribution in [0, 0.1) is 0 Å². The smallest absolute Gasteiger partial charge is 0.243 e. The second-order valence-electron chi connectivity index (χ2n) is 6.23. The Morgan fingerprint density at radius 3 is 2.25 bits per heavy atom. The summed E-state index contributed by atoms with van der Waals surface area (Å²) in [6.07, 6.45) is 0. The number of benzene rings is 2. The van der Waals surface area contributed by atoms with Gasteiger partial charge in [-0.05, 0) is 67.7 Å². The molecule has 150 valence electrons. The maximum atomic E-state index is 12.8. The van der Waals surface area contributed by atoms with E-state index in [1.165, 1.54) is 16.4 Å². The number of halogens is 1. The van der Waals surface area contributed by atoms with Crippen molar-refractivity contribution in [3.05, 3.63) is 53.6 Å². The van der Waals surface area contributed by atoms with Gasteiger partial charge in [0.15, 0.2) is 5.11 Å². The minimum absolute atomic E-state index is 0.250. The van der Waals surface area contributed by atoms with E-state index in [2.05, 4.69) is 5.32 Å². The molecule has 0 amide bonds. The summed E-state index contributed by atoms with van der Waals surface area (Å²) in [6.45, 7) is 4.35. The Morgan fingerprint density at radius 1 is 1.07 bits per heavy atom. The molecule has 0 saturated carbocycles. The third kappa shape index (κ3) is 4.94. The van der Waals surface area contributed by atoms with E-state index >= 15 is 0 Å². The van der Waals surface area contributed by atoms with Crippen molar-refractivity contribution in [3.8, 4) is 5.75 Å². The summed E-state index contributed by atoms with van der Waals surface area (Å²) in [4.78, 5) is 2.22. The lowest BCUT2D eigenvalue weighted by Crippen LogP contribution is -2.51. The van der Waals surface area contributed by atoms with Gasteiger partial charge in [-0.3, -0.25) is 0 Å². The van der Waals surface area contributed by atoms with E-state index in [1.54, 1.807) is 12.1 Å². The monoisotopic (exact) mass is 439 g/mol. The van der Waals surface area contributed by atoms with E-state index in [9.17, 15) is 8.42 Å². The zero-order valence-corrected chi connectivity index (χ0v) is 17.9. The van der Waals surface area contributed by atoms with Crippen LogP contribution in [0.2, 0.25) is 5.02 Å². The van der Waals surface area contributed by atoms with E-state index in [-0.39, 0.29) is 4.90 Å². The van der Waals surface area contributed by atoms with Crippen LogP contribution in [0.15, 0.2) is 53.4 Å². The fourth-order valence-electron chi connectivity index (χ4n) is 2.89. The van der Waals surface area contributed by atoms with Crippen LogP contribution in [0.4, 0.5) is 5.69 Å². The van der Waals surface area contributed by atoms with Crippen molar-refractivity contribution in [1.82, 2.24) is 9.21 Å². The highest BCUT2D eigenvalue weighted by atomic mass is 35.5. The van der Waals surface area contributed by atoms with Crippen molar-refractivity contribution in [1.29, 1.82) is 0 Å².